The second-order valence-electron chi connectivity index (χ2n) is 5.98. The van der Waals surface area contributed by atoms with Crippen molar-refractivity contribution in [3.05, 3.63) is 53.5 Å². The molecule has 3 rings (SSSR count). The summed E-state index contributed by atoms with van der Waals surface area (Å²) < 4.78 is 0. The third-order valence-corrected chi connectivity index (χ3v) is 4.63. The van der Waals surface area contributed by atoms with Gasteiger partial charge in [0.15, 0.2) is 5.78 Å². The average Bonchev–Trinajstić information content (AvgIpc) is 3.05. The van der Waals surface area contributed by atoms with Gasteiger partial charge in [-0.25, -0.2) is 9.97 Å². The van der Waals surface area contributed by atoms with E-state index < -0.39 is 0 Å². The third-order valence-electron chi connectivity index (χ3n) is 3.43. The lowest BCUT2D eigenvalue weighted by Gasteiger charge is -2.11. The molecule has 0 aliphatic rings. The van der Waals surface area contributed by atoms with Gasteiger partial charge < -0.3 is 10.6 Å². The summed E-state index contributed by atoms with van der Waals surface area (Å²) in [6.07, 6.45) is 1.76. The Morgan fingerprint density at radius 2 is 1.96 bits per heavy atom. The molecule has 128 valence electrons. The summed E-state index contributed by atoms with van der Waals surface area (Å²) in [5, 5.41) is 6.58. The van der Waals surface area contributed by atoms with E-state index in [2.05, 4.69) is 34.4 Å². The minimum Gasteiger partial charge on any atom is -0.383 e. The van der Waals surface area contributed by atoms with Crippen molar-refractivity contribution < 1.29 is 4.79 Å². The molecule has 0 atom stereocenters. The molecule has 3 aromatic rings. The van der Waals surface area contributed by atoms with E-state index in [0.717, 1.165) is 27.0 Å². The van der Waals surface area contributed by atoms with Crippen LogP contribution in [0, 0.1) is 0 Å². The van der Waals surface area contributed by atoms with Crippen LogP contribution in [0.2, 0.25) is 0 Å². The number of ketones is 1. The zero-order valence-corrected chi connectivity index (χ0v) is 15.2. The molecule has 0 bridgehead atoms. The number of anilines is 3. The topological polar surface area (TPSA) is 66.9 Å². The fraction of sp³-hybridized carbons (Fsp3) is 0.211. The van der Waals surface area contributed by atoms with E-state index in [1.165, 1.54) is 11.3 Å². The van der Waals surface area contributed by atoms with Crippen molar-refractivity contribution in [3.63, 3.8) is 0 Å². The van der Waals surface area contributed by atoms with Crippen LogP contribution in [0.4, 0.5) is 17.3 Å². The van der Waals surface area contributed by atoms with Crippen molar-refractivity contribution in [2.75, 3.05) is 10.6 Å². The minimum absolute atomic E-state index is 0.0733. The van der Waals surface area contributed by atoms with Gasteiger partial charge in [0.2, 0.25) is 0 Å². The van der Waals surface area contributed by atoms with Gasteiger partial charge in [0, 0.05) is 24.0 Å². The highest BCUT2D eigenvalue weighted by Gasteiger charge is 2.08. The lowest BCUT2D eigenvalue weighted by atomic mass is 10.3. The molecule has 2 N–H and O–H groups in total. The molecular formula is C19H20N4OS. The summed E-state index contributed by atoms with van der Waals surface area (Å²) in [6, 6.07) is 13.8. The normalized spacial score (nSPS) is 10.7. The van der Waals surface area contributed by atoms with E-state index in [1.807, 2.05) is 42.5 Å². The minimum atomic E-state index is 0.0733. The Bertz CT molecular complexity index is 888. The Morgan fingerprint density at radius 3 is 2.68 bits per heavy atom. The zero-order chi connectivity index (χ0) is 17.8. The third kappa shape index (κ3) is 4.42. The molecular weight excluding hydrogens is 332 g/mol. The van der Waals surface area contributed by atoms with Gasteiger partial charge in [0.25, 0.3) is 0 Å². The first-order valence-electron chi connectivity index (χ1n) is 8.09. The number of Topliss-reactive ketones (excluding diaryl/α,β-unsaturated/α-hetero) is 1. The van der Waals surface area contributed by atoms with E-state index in [-0.39, 0.29) is 5.78 Å². The second kappa shape index (κ2) is 7.44. The quantitative estimate of drug-likeness (QED) is 0.613. The van der Waals surface area contributed by atoms with Crippen LogP contribution in [0.15, 0.2) is 48.7 Å². The van der Waals surface area contributed by atoms with Gasteiger partial charge in [-0.15, -0.1) is 11.3 Å². The predicted molar refractivity (Wildman–Crippen MR) is 104 cm³/mol. The second-order valence-corrected chi connectivity index (χ2v) is 7.07. The molecule has 3 heterocycles. The van der Waals surface area contributed by atoms with Gasteiger partial charge in [-0.3, -0.25) is 4.79 Å². The first-order valence-corrected chi connectivity index (χ1v) is 8.91. The molecule has 0 fully saturated rings. The number of carbonyl (C=O) groups excluding carboxylic acids is 1. The maximum Gasteiger partial charge on any atom is 0.169 e. The van der Waals surface area contributed by atoms with Crippen molar-refractivity contribution in [1.82, 2.24) is 9.97 Å². The molecule has 0 aromatic carbocycles. The average molecular weight is 352 g/mol. The molecule has 0 saturated heterocycles. The number of aromatic nitrogens is 2. The summed E-state index contributed by atoms with van der Waals surface area (Å²) >= 11 is 1.45. The monoisotopic (exact) mass is 352 g/mol. The number of carbonyl (C=O) groups is 1. The van der Waals surface area contributed by atoms with Gasteiger partial charge in [-0.1, -0.05) is 6.07 Å². The van der Waals surface area contributed by atoms with Crippen LogP contribution in [0.1, 0.15) is 30.4 Å². The molecule has 6 heteroatoms. The Hall–Kier alpha value is -2.73. The van der Waals surface area contributed by atoms with Crippen LogP contribution >= 0.6 is 11.3 Å². The number of hydrogen-bond donors (Lipinski definition) is 2. The summed E-state index contributed by atoms with van der Waals surface area (Å²) in [5.41, 5.74) is 1.84. The van der Waals surface area contributed by atoms with Gasteiger partial charge in [-0.2, -0.15) is 0 Å². The van der Waals surface area contributed by atoms with Gasteiger partial charge in [0.05, 0.1) is 15.4 Å². The fourth-order valence-corrected chi connectivity index (χ4v) is 3.23. The lowest BCUT2D eigenvalue weighted by molar-refractivity contribution is 0.102. The van der Waals surface area contributed by atoms with Crippen LogP contribution in [0.3, 0.4) is 0 Å². The number of rotatable bonds is 6. The first-order chi connectivity index (χ1) is 12.0. The van der Waals surface area contributed by atoms with E-state index in [4.69, 9.17) is 0 Å². The molecule has 0 saturated carbocycles. The highest BCUT2D eigenvalue weighted by Crippen LogP contribution is 2.28. The Kier molecular flexibility index (Phi) is 5.09. The molecule has 0 aliphatic carbocycles. The van der Waals surface area contributed by atoms with Crippen LogP contribution < -0.4 is 10.6 Å². The van der Waals surface area contributed by atoms with Crippen LogP contribution in [-0.4, -0.2) is 21.8 Å². The molecule has 5 nitrogen and oxygen atoms in total. The van der Waals surface area contributed by atoms with E-state index in [0.29, 0.717) is 11.9 Å². The van der Waals surface area contributed by atoms with E-state index in [9.17, 15) is 4.79 Å². The lowest BCUT2D eigenvalue weighted by Crippen LogP contribution is -2.09. The predicted octanol–water partition coefficient (Wildman–Crippen LogP) is 4.97. The molecule has 0 unspecified atom stereocenters. The Morgan fingerprint density at radius 1 is 1.12 bits per heavy atom. The largest absolute Gasteiger partial charge is 0.383 e. The van der Waals surface area contributed by atoms with Crippen LogP contribution in [0.5, 0.6) is 0 Å². The van der Waals surface area contributed by atoms with Crippen molar-refractivity contribution in [2.45, 2.75) is 26.8 Å². The van der Waals surface area contributed by atoms with Crippen molar-refractivity contribution in [1.29, 1.82) is 0 Å². The molecule has 0 aliphatic heterocycles. The number of pyridine rings is 2. The van der Waals surface area contributed by atoms with Gasteiger partial charge in [-0.05, 0) is 51.1 Å². The SMILES string of the molecule is CC(=O)c1ccc(-c2cccc(Nc3cc(NC(C)C)ccn3)n2)s1. The van der Waals surface area contributed by atoms with Crippen molar-refractivity contribution in [2.24, 2.45) is 0 Å². The number of nitrogens with zero attached hydrogens (tertiary/aromatic N) is 2. The van der Waals surface area contributed by atoms with Crippen molar-refractivity contribution in [3.8, 4) is 10.6 Å². The van der Waals surface area contributed by atoms with Gasteiger partial charge >= 0.3 is 0 Å². The highest BCUT2D eigenvalue weighted by atomic mass is 32.1. The zero-order valence-electron chi connectivity index (χ0n) is 14.4. The molecule has 0 radical (unpaired) electrons. The number of hydrogen-bond acceptors (Lipinski definition) is 6. The molecule has 0 amide bonds. The van der Waals surface area contributed by atoms with Crippen LogP contribution in [-0.2, 0) is 0 Å². The van der Waals surface area contributed by atoms with Crippen LogP contribution in [0.25, 0.3) is 10.6 Å². The summed E-state index contributed by atoms with van der Waals surface area (Å²) in [6.45, 7) is 5.76. The summed E-state index contributed by atoms with van der Waals surface area (Å²) in [4.78, 5) is 22.1. The standard InChI is InChI=1S/C19H20N4OS/c1-12(2)21-14-9-10-20-19(11-14)23-18-6-4-5-15(22-18)17-8-7-16(25-17)13(3)24/h4-12H,1-3H3,(H2,20,21,22,23). The van der Waals surface area contributed by atoms with E-state index in [1.54, 1.807) is 13.1 Å². The number of nitrogens with one attached hydrogen (secondary N) is 2. The van der Waals surface area contributed by atoms with Gasteiger partial charge in [0.1, 0.15) is 11.6 Å². The number of thiophene rings is 1. The maximum atomic E-state index is 11.5. The molecule has 0 spiro atoms. The Balaban J connectivity index is 1.81. The summed E-state index contributed by atoms with van der Waals surface area (Å²) in [7, 11) is 0. The maximum absolute atomic E-state index is 11.5. The fourth-order valence-electron chi connectivity index (χ4n) is 2.36. The molecule has 25 heavy (non-hydrogen) atoms. The smallest absolute Gasteiger partial charge is 0.169 e. The van der Waals surface area contributed by atoms with E-state index >= 15 is 0 Å². The first kappa shape index (κ1) is 17.1. The summed E-state index contributed by atoms with van der Waals surface area (Å²) in [5.74, 6) is 1.51. The Labute approximate surface area is 151 Å². The molecule has 3 aromatic heterocycles. The van der Waals surface area contributed by atoms with Crippen molar-refractivity contribution >= 4 is 34.4 Å². The highest BCUT2D eigenvalue weighted by molar-refractivity contribution is 7.17.